The number of rotatable bonds is 6. The fourth-order valence-corrected chi connectivity index (χ4v) is 4.84. The zero-order valence-electron chi connectivity index (χ0n) is 18.0. The van der Waals surface area contributed by atoms with Gasteiger partial charge < -0.3 is 20.5 Å². The number of carbonyl (C=O) groups is 1. The van der Waals surface area contributed by atoms with Gasteiger partial charge in [-0.2, -0.15) is 0 Å². The van der Waals surface area contributed by atoms with Crippen LogP contribution in [-0.2, 0) is 11.2 Å². The Kier molecular flexibility index (Phi) is 7.57. The molecule has 3 N–H and O–H groups in total. The van der Waals surface area contributed by atoms with Crippen LogP contribution in [-0.4, -0.2) is 54.1 Å². The molecule has 0 aromatic heterocycles. The van der Waals surface area contributed by atoms with Gasteiger partial charge >= 0.3 is 6.03 Å². The zero-order valence-corrected chi connectivity index (χ0v) is 18.0. The quantitative estimate of drug-likeness (QED) is 0.663. The molecule has 4 atom stereocenters. The number of benzene rings is 2. The molecule has 0 bridgehead atoms. The van der Waals surface area contributed by atoms with Crippen LogP contribution in [0.2, 0.25) is 0 Å². The monoisotopic (exact) mass is 423 g/mol. The van der Waals surface area contributed by atoms with Gasteiger partial charge in [0.2, 0.25) is 0 Å². The van der Waals surface area contributed by atoms with Gasteiger partial charge in [0.15, 0.2) is 6.29 Å². The summed E-state index contributed by atoms with van der Waals surface area (Å²) >= 11 is 0. The maximum absolute atomic E-state index is 12.5. The van der Waals surface area contributed by atoms with E-state index in [0.29, 0.717) is 12.5 Å². The highest BCUT2D eigenvalue weighted by atomic mass is 16.6. The summed E-state index contributed by atoms with van der Waals surface area (Å²) in [6.45, 7) is 2.18. The van der Waals surface area contributed by atoms with Gasteiger partial charge in [-0.3, -0.25) is 4.90 Å². The predicted molar refractivity (Wildman–Crippen MR) is 122 cm³/mol. The van der Waals surface area contributed by atoms with Gasteiger partial charge in [0.05, 0.1) is 6.10 Å². The first-order valence-corrected chi connectivity index (χ1v) is 11.4. The molecule has 6 nitrogen and oxygen atoms in total. The van der Waals surface area contributed by atoms with E-state index >= 15 is 0 Å². The molecule has 166 valence electrons. The Bertz CT molecular complexity index is 817. The van der Waals surface area contributed by atoms with E-state index in [4.69, 9.17) is 4.74 Å². The number of para-hydroxylation sites is 1. The number of hydrogen-bond donors (Lipinski definition) is 3. The topological polar surface area (TPSA) is 73.8 Å². The van der Waals surface area contributed by atoms with E-state index in [1.54, 1.807) is 0 Å². The van der Waals surface area contributed by atoms with Crippen molar-refractivity contribution in [3.8, 4) is 0 Å². The van der Waals surface area contributed by atoms with Crippen LogP contribution in [0, 0.1) is 5.92 Å². The molecule has 0 spiro atoms. The van der Waals surface area contributed by atoms with Gasteiger partial charge in [-0.25, -0.2) is 4.79 Å². The number of morpholine rings is 1. The SMILES string of the molecule is O=C(Nc1ccccc1)N[C@@H]1CCCC[C@H]1CN1CC(O)O[C@@H](Cc2ccccc2)C1. The van der Waals surface area contributed by atoms with Gasteiger partial charge in [0, 0.05) is 31.4 Å². The molecule has 2 aromatic rings. The number of hydrogen-bond acceptors (Lipinski definition) is 4. The van der Waals surface area contributed by atoms with Crippen LogP contribution in [0.15, 0.2) is 60.7 Å². The molecule has 31 heavy (non-hydrogen) atoms. The van der Waals surface area contributed by atoms with Crippen LogP contribution in [0.3, 0.4) is 0 Å². The fourth-order valence-electron chi connectivity index (χ4n) is 4.84. The number of amides is 2. The highest BCUT2D eigenvalue weighted by molar-refractivity contribution is 5.89. The molecule has 1 aliphatic carbocycles. The second kappa shape index (κ2) is 10.8. The first-order chi connectivity index (χ1) is 15.2. The van der Waals surface area contributed by atoms with E-state index in [0.717, 1.165) is 44.5 Å². The largest absolute Gasteiger partial charge is 0.367 e. The predicted octanol–water partition coefficient (Wildman–Crippen LogP) is 3.63. The van der Waals surface area contributed by atoms with Crippen molar-refractivity contribution in [1.82, 2.24) is 10.2 Å². The minimum Gasteiger partial charge on any atom is -0.367 e. The molecule has 1 aliphatic heterocycles. The summed E-state index contributed by atoms with van der Waals surface area (Å²) in [6.07, 6.45) is 4.40. The van der Waals surface area contributed by atoms with Crippen molar-refractivity contribution in [3.05, 3.63) is 66.2 Å². The summed E-state index contributed by atoms with van der Waals surface area (Å²) in [5, 5.41) is 16.4. The number of ether oxygens (including phenoxy) is 1. The summed E-state index contributed by atoms with van der Waals surface area (Å²) in [4.78, 5) is 14.8. The Morgan fingerprint density at radius 2 is 1.71 bits per heavy atom. The van der Waals surface area contributed by atoms with E-state index in [9.17, 15) is 9.90 Å². The van der Waals surface area contributed by atoms with Crippen LogP contribution in [0.4, 0.5) is 10.5 Å². The lowest BCUT2D eigenvalue weighted by atomic mass is 9.84. The maximum Gasteiger partial charge on any atom is 0.319 e. The molecular formula is C25H33N3O3. The molecule has 2 aliphatic rings. The average Bonchev–Trinajstić information content (AvgIpc) is 2.76. The lowest BCUT2D eigenvalue weighted by Crippen LogP contribution is -2.53. The number of nitrogens with zero attached hydrogens (tertiary/aromatic N) is 1. The van der Waals surface area contributed by atoms with Crippen molar-refractivity contribution in [2.75, 3.05) is 25.0 Å². The number of anilines is 1. The van der Waals surface area contributed by atoms with Crippen molar-refractivity contribution in [1.29, 1.82) is 0 Å². The zero-order chi connectivity index (χ0) is 21.5. The number of aliphatic hydroxyl groups is 1. The standard InChI is InChI=1S/C25H33N3O3/c29-24-18-28(17-22(31-24)15-19-9-3-1-4-10-19)16-20-11-7-8-14-23(20)27-25(30)26-21-12-5-2-6-13-21/h1-6,9-10,12-13,20,22-24,29H,7-8,11,14-18H2,(H2,26,27,30)/t20-,22-,23+,24?/m0/s1. The molecule has 1 unspecified atom stereocenters. The summed E-state index contributed by atoms with van der Waals surface area (Å²) < 4.78 is 5.80. The van der Waals surface area contributed by atoms with Crippen molar-refractivity contribution < 1.29 is 14.6 Å². The van der Waals surface area contributed by atoms with Gasteiger partial charge in [-0.05, 0) is 42.9 Å². The lowest BCUT2D eigenvalue weighted by molar-refractivity contribution is -0.184. The van der Waals surface area contributed by atoms with E-state index in [1.807, 2.05) is 48.5 Å². The Balaban J connectivity index is 1.32. The van der Waals surface area contributed by atoms with E-state index in [1.165, 1.54) is 12.0 Å². The van der Waals surface area contributed by atoms with Gasteiger partial charge in [-0.15, -0.1) is 0 Å². The van der Waals surface area contributed by atoms with E-state index < -0.39 is 6.29 Å². The lowest BCUT2D eigenvalue weighted by Gasteiger charge is -2.40. The van der Waals surface area contributed by atoms with Crippen molar-refractivity contribution >= 4 is 11.7 Å². The Labute approximate surface area is 184 Å². The van der Waals surface area contributed by atoms with Gasteiger partial charge in [-0.1, -0.05) is 61.4 Å². The number of β-amino-alcohol motifs (C(OH)–C–C–N with tert-alkyl or cyclic N) is 1. The fraction of sp³-hybridized carbons (Fsp3) is 0.480. The summed E-state index contributed by atoms with van der Waals surface area (Å²) in [5.74, 6) is 0.373. The molecule has 2 fully saturated rings. The maximum atomic E-state index is 12.5. The number of urea groups is 1. The average molecular weight is 424 g/mol. The molecule has 1 heterocycles. The van der Waals surface area contributed by atoms with Crippen LogP contribution in [0.5, 0.6) is 0 Å². The third-order valence-electron chi connectivity index (χ3n) is 6.28. The molecule has 4 rings (SSSR count). The first kappa shape index (κ1) is 21.8. The van der Waals surface area contributed by atoms with Crippen LogP contribution < -0.4 is 10.6 Å². The Hall–Kier alpha value is -2.41. The third kappa shape index (κ3) is 6.53. The molecule has 6 heteroatoms. The minimum absolute atomic E-state index is 0.0254. The Morgan fingerprint density at radius 3 is 2.48 bits per heavy atom. The highest BCUT2D eigenvalue weighted by Crippen LogP contribution is 2.27. The van der Waals surface area contributed by atoms with Crippen LogP contribution in [0.1, 0.15) is 31.2 Å². The summed E-state index contributed by atoms with van der Waals surface area (Å²) in [5.41, 5.74) is 2.02. The molecule has 0 radical (unpaired) electrons. The number of carbonyl (C=O) groups excluding carboxylic acids is 1. The smallest absolute Gasteiger partial charge is 0.319 e. The van der Waals surface area contributed by atoms with Crippen LogP contribution >= 0.6 is 0 Å². The normalized spacial score (nSPS) is 26.9. The third-order valence-corrected chi connectivity index (χ3v) is 6.28. The minimum atomic E-state index is -0.765. The number of nitrogens with one attached hydrogen (secondary N) is 2. The molecular weight excluding hydrogens is 390 g/mol. The van der Waals surface area contributed by atoms with Crippen molar-refractivity contribution in [3.63, 3.8) is 0 Å². The van der Waals surface area contributed by atoms with Gasteiger partial charge in [0.1, 0.15) is 0 Å². The second-order valence-corrected chi connectivity index (χ2v) is 8.74. The molecule has 1 saturated heterocycles. The Morgan fingerprint density at radius 1 is 1.00 bits per heavy atom. The summed E-state index contributed by atoms with van der Waals surface area (Å²) in [6, 6.07) is 19.8. The van der Waals surface area contributed by atoms with E-state index in [2.05, 4.69) is 27.7 Å². The highest BCUT2D eigenvalue weighted by Gasteiger charge is 2.32. The van der Waals surface area contributed by atoms with Crippen molar-refractivity contribution in [2.45, 2.75) is 50.5 Å². The molecule has 2 aromatic carbocycles. The van der Waals surface area contributed by atoms with Crippen molar-refractivity contribution in [2.24, 2.45) is 5.92 Å². The second-order valence-electron chi connectivity index (χ2n) is 8.74. The van der Waals surface area contributed by atoms with Crippen LogP contribution in [0.25, 0.3) is 0 Å². The molecule has 1 saturated carbocycles. The number of aliphatic hydroxyl groups excluding tert-OH is 1. The van der Waals surface area contributed by atoms with Gasteiger partial charge in [0.25, 0.3) is 0 Å². The van der Waals surface area contributed by atoms with E-state index in [-0.39, 0.29) is 18.2 Å². The molecule has 2 amide bonds. The first-order valence-electron chi connectivity index (χ1n) is 11.4. The summed E-state index contributed by atoms with van der Waals surface area (Å²) in [7, 11) is 0.